The number of amides is 1. The fraction of sp³-hybridized carbons (Fsp3) is 0.0714. The molecule has 1 aromatic heterocycles. The van der Waals surface area contributed by atoms with Gasteiger partial charge in [0.2, 0.25) is 0 Å². The maximum Gasteiger partial charge on any atom is 0.354 e. The Morgan fingerprint density at radius 3 is 2.35 bits per heavy atom. The van der Waals surface area contributed by atoms with Gasteiger partial charge in [0, 0.05) is 10.5 Å². The van der Waals surface area contributed by atoms with Gasteiger partial charge in [-0.2, -0.15) is 0 Å². The van der Waals surface area contributed by atoms with Crippen LogP contribution in [0.2, 0.25) is 0 Å². The van der Waals surface area contributed by atoms with Crippen LogP contribution in [0.4, 0.5) is 5.69 Å². The molecule has 2 rings (SSSR count). The lowest BCUT2D eigenvalue weighted by molar-refractivity contribution is 0.0690. The van der Waals surface area contributed by atoms with Crippen molar-refractivity contribution in [3.63, 3.8) is 0 Å². The number of rotatable bonds is 4. The van der Waals surface area contributed by atoms with E-state index in [0.717, 1.165) is 4.90 Å². The summed E-state index contributed by atoms with van der Waals surface area (Å²) in [4.78, 5) is 27.4. The molecule has 0 saturated heterocycles. The minimum Gasteiger partial charge on any atom is -0.477 e. The minimum absolute atomic E-state index is 0.0627. The summed E-state index contributed by atoms with van der Waals surface area (Å²) in [5.74, 6) is -1.36. The van der Waals surface area contributed by atoms with Crippen LogP contribution in [0, 0.1) is 0 Å². The summed E-state index contributed by atoms with van der Waals surface area (Å²) in [6.45, 7) is 0. The van der Waals surface area contributed by atoms with Crippen LogP contribution in [-0.2, 0) is 0 Å². The highest BCUT2D eigenvalue weighted by Crippen LogP contribution is 2.16. The van der Waals surface area contributed by atoms with Crippen LogP contribution in [-0.4, -0.2) is 28.2 Å². The molecule has 0 spiro atoms. The summed E-state index contributed by atoms with van der Waals surface area (Å²) in [7, 11) is 0. The molecule has 2 N–H and O–H groups in total. The Labute approximate surface area is 120 Å². The zero-order chi connectivity index (χ0) is 14.5. The number of aromatic carboxylic acids is 1. The van der Waals surface area contributed by atoms with Crippen molar-refractivity contribution in [3.8, 4) is 0 Å². The van der Waals surface area contributed by atoms with Crippen LogP contribution in [0.1, 0.15) is 20.8 Å². The van der Waals surface area contributed by atoms with Crippen LogP contribution >= 0.6 is 11.8 Å². The molecule has 1 heterocycles. The number of pyridine rings is 1. The van der Waals surface area contributed by atoms with Gasteiger partial charge in [0.25, 0.3) is 5.91 Å². The molecule has 6 heteroatoms. The van der Waals surface area contributed by atoms with Gasteiger partial charge in [-0.05, 0) is 42.7 Å². The van der Waals surface area contributed by atoms with Crippen molar-refractivity contribution in [2.24, 2.45) is 0 Å². The van der Waals surface area contributed by atoms with E-state index in [-0.39, 0.29) is 11.6 Å². The van der Waals surface area contributed by atoms with Gasteiger partial charge in [-0.3, -0.25) is 4.79 Å². The number of carbonyl (C=O) groups excluding carboxylic acids is 1. The van der Waals surface area contributed by atoms with E-state index in [1.54, 1.807) is 23.9 Å². The van der Waals surface area contributed by atoms with E-state index in [4.69, 9.17) is 5.11 Å². The van der Waals surface area contributed by atoms with Crippen molar-refractivity contribution in [2.75, 3.05) is 11.6 Å². The summed E-state index contributed by atoms with van der Waals surface area (Å²) in [5, 5.41) is 11.4. The van der Waals surface area contributed by atoms with Gasteiger partial charge in [-0.1, -0.05) is 0 Å². The molecule has 1 amide bonds. The number of carboxylic acid groups (broad SMARTS) is 1. The number of anilines is 1. The van der Waals surface area contributed by atoms with Crippen molar-refractivity contribution >= 4 is 29.3 Å². The van der Waals surface area contributed by atoms with Crippen LogP contribution in [0.3, 0.4) is 0 Å². The van der Waals surface area contributed by atoms with Crippen molar-refractivity contribution in [1.29, 1.82) is 0 Å². The molecular formula is C14H12N2O3S. The van der Waals surface area contributed by atoms with Crippen LogP contribution in [0.5, 0.6) is 0 Å². The molecule has 1 aromatic carbocycles. The summed E-state index contributed by atoms with van der Waals surface area (Å²) in [6.07, 6.45) is 3.28. The predicted molar refractivity (Wildman–Crippen MR) is 77.4 cm³/mol. The highest BCUT2D eigenvalue weighted by atomic mass is 32.2. The molecule has 5 nitrogen and oxygen atoms in total. The van der Waals surface area contributed by atoms with E-state index >= 15 is 0 Å². The average Bonchev–Trinajstić information content (AvgIpc) is 2.48. The van der Waals surface area contributed by atoms with E-state index in [1.807, 2.05) is 18.4 Å². The van der Waals surface area contributed by atoms with Gasteiger partial charge in [0.05, 0.1) is 11.9 Å². The molecule has 0 fully saturated rings. The summed E-state index contributed by atoms with van der Waals surface area (Å²) >= 11 is 1.60. The van der Waals surface area contributed by atoms with E-state index in [9.17, 15) is 9.59 Å². The lowest BCUT2D eigenvalue weighted by Gasteiger charge is -2.05. The van der Waals surface area contributed by atoms with Gasteiger partial charge in [0.15, 0.2) is 0 Å². The highest BCUT2D eigenvalue weighted by molar-refractivity contribution is 7.98. The topological polar surface area (TPSA) is 79.3 Å². The third-order valence-corrected chi connectivity index (χ3v) is 3.34. The van der Waals surface area contributed by atoms with Gasteiger partial charge in [0.1, 0.15) is 5.69 Å². The van der Waals surface area contributed by atoms with Crippen molar-refractivity contribution < 1.29 is 14.7 Å². The Morgan fingerprint density at radius 2 is 1.85 bits per heavy atom. The predicted octanol–water partition coefficient (Wildman–Crippen LogP) is 2.75. The molecule has 0 saturated carbocycles. The fourth-order valence-electron chi connectivity index (χ4n) is 1.54. The smallest absolute Gasteiger partial charge is 0.354 e. The third kappa shape index (κ3) is 3.36. The maximum atomic E-state index is 12.0. The summed E-state index contributed by atoms with van der Waals surface area (Å²) < 4.78 is 0. The average molecular weight is 288 g/mol. The molecule has 2 aromatic rings. The zero-order valence-electron chi connectivity index (χ0n) is 10.7. The second-order valence-corrected chi connectivity index (χ2v) is 4.80. The summed E-state index contributed by atoms with van der Waals surface area (Å²) in [6, 6.07) is 10.1. The lowest BCUT2D eigenvalue weighted by Crippen LogP contribution is -2.12. The molecule has 0 aliphatic rings. The first-order valence-electron chi connectivity index (χ1n) is 5.75. The van der Waals surface area contributed by atoms with Gasteiger partial charge in [-0.25, -0.2) is 9.78 Å². The number of nitrogens with one attached hydrogen (secondary N) is 1. The number of carbonyl (C=O) groups is 2. The number of hydrogen-bond acceptors (Lipinski definition) is 4. The van der Waals surface area contributed by atoms with E-state index in [2.05, 4.69) is 10.3 Å². The SMILES string of the molecule is CSc1ccc(C(=O)Nc2ccc(C(=O)O)nc2)cc1. The molecule has 0 unspecified atom stereocenters. The molecule has 0 radical (unpaired) electrons. The maximum absolute atomic E-state index is 12.0. The zero-order valence-corrected chi connectivity index (χ0v) is 11.5. The molecule has 20 heavy (non-hydrogen) atoms. The molecule has 0 atom stereocenters. The number of carboxylic acids is 1. The first-order valence-corrected chi connectivity index (χ1v) is 6.97. The Balaban J connectivity index is 2.08. The third-order valence-electron chi connectivity index (χ3n) is 2.59. The second-order valence-electron chi connectivity index (χ2n) is 3.92. The van der Waals surface area contributed by atoms with Gasteiger partial charge in [-0.15, -0.1) is 11.8 Å². The van der Waals surface area contributed by atoms with Crippen LogP contribution in [0.15, 0.2) is 47.5 Å². The Kier molecular flexibility index (Phi) is 4.37. The number of benzene rings is 1. The Hall–Kier alpha value is -2.34. The highest BCUT2D eigenvalue weighted by Gasteiger charge is 2.08. The minimum atomic E-state index is -1.10. The Morgan fingerprint density at radius 1 is 1.15 bits per heavy atom. The van der Waals surface area contributed by atoms with Gasteiger partial charge >= 0.3 is 5.97 Å². The number of nitrogens with zero attached hydrogens (tertiary/aromatic N) is 1. The number of aromatic nitrogens is 1. The Bertz CT molecular complexity index is 624. The summed E-state index contributed by atoms with van der Waals surface area (Å²) in [5.41, 5.74) is 0.923. The van der Waals surface area contributed by atoms with Crippen molar-refractivity contribution in [2.45, 2.75) is 4.90 Å². The van der Waals surface area contributed by atoms with Crippen molar-refractivity contribution in [1.82, 2.24) is 4.98 Å². The number of thioether (sulfide) groups is 1. The first-order chi connectivity index (χ1) is 9.60. The normalized spacial score (nSPS) is 10.1. The number of hydrogen-bond donors (Lipinski definition) is 2. The van der Waals surface area contributed by atoms with Crippen LogP contribution in [0.25, 0.3) is 0 Å². The first kappa shape index (κ1) is 14.1. The molecule has 0 aliphatic carbocycles. The molecule has 0 aliphatic heterocycles. The largest absolute Gasteiger partial charge is 0.477 e. The van der Waals surface area contributed by atoms with E-state index < -0.39 is 5.97 Å². The van der Waals surface area contributed by atoms with E-state index in [1.165, 1.54) is 18.3 Å². The monoisotopic (exact) mass is 288 g/mol. The quantitative estimate of drug-likeness (QED) is 0.846. The lowest BCUT2D eigenvalue weighted by atomic mass is 10.2. The molecule has 102 valence electrons. The molecular weight excluding hydrogens is 276 g/mol. The fourth-order valence-corrected chi connectivity index (χ4v) is 1.95. The second kappa shape index (κ2) is 6.21. The van der Waals surface area contributed by atoms with Crippen LogP contribution < -0.4 is 5.32 Å². The van der Waals surface area contributed by atoms with Crippen molar-refractivity contribution in [3.05, 3.63) is 53.9 Å². The van der Waals surface area contributed by atoms with Gasteiger partial charge < -0.3 is 10.4 Å². The standard InChI is InChI=1S/C14H12N2O3S/c1-20-11-5-2-9(3-6-11)13(17)16-10-4-7-12(14(18)19)15-8-10/h2-8H,1H3,(H,16,17)(H,18,19). The molecule has 0 bridgehead atoms. The van der Waals surface area contributed by atoms with E-state index in [0.29, 0.717) is 11.3 Å².